The van der Waals surface area contributed by atoms with Crippen molar-refractivity contribution in [2.45, 2.75) is 25.7 Å². The quantitative estimate of drug-likeness (QED) is 0.618. The third-order valence-corrected chi connectivity index (χ3v) is 2.88. The van der Waals surface area contributed by atoms with Gasteiger partial charge in [-0.05, 0) is 18.8 Å². The largest absolute Gasteiger partial charge is 0.300 e. The van der Waals surface area contributed by atoms with Crippen LogP contribution in [0.1, 0.15) is 25.7 Å². The zero-order valence-corrected chi connectivity index (χ0v) is 7.18. The molecule has 0 aromatic rings. The van der Waals surface area contributed by atoms with Gasteiger partial charge in [0, 0.05) is 12.8 Å². The van der Waals surface area contributed by atoms with Crippen molar-refractivity contribution in [3.05, 3.63) is 0 Å². The van der Waals surface area contributed by atoms with Crippen molar-refractivity contribution in [2.24, 2.45) is 5.92 Å². The minimum atomic E-state index is -2.25. The third kappa shape index (κ3) is 3.01. The predicted molar refractivity (Wildman–Crippen MR) is 42.1 cm³/mol. The molecule has 0 unspecified atom stereocenters. The highest BCUT2D eigenvalue weighted by molar-refractivity contribution is 7.72. The summed E-state index contributed by atoms with van der Waals surface area (Å²) in [5, 5.41) is 0. The molecule has 1 fully saturated rings. The van der Waals surface area contributed by atoms with Gasteiger partial charge in [0.2, 0.25) is 0 Å². The number of carbonyl (C=O) groups is 1. The van der Waals surface area contributed by atoms with Gasteiger partial charge in [-0.1, -0.05) is 0 Å². The van der Waals surface area contributed by atoms with Crippen molar-refractivity contribution in [2.75, 3.05) is 5.75 Å². The Labute approximate surface area is 67.7 Å². The van der Waals surface area contributed by atoms with E-state index in [9.17, 15) is 13.2 Å². The van der Waals surface area contributed by atoms with Crippen molar-refractivity contribution < 1.29 is 13.2 Å². The van der Waals surface area contributed by atoms with Gasteiger partial charge < -0.3 is 0 Å². The molecule has 0 aliphatic heterocycles. The molecule has 0 saturated heterocycles. The molecule has 1 aliphatic rings. The summed E-state index contributed by atoms with van der Waals surface area (Å²) in [6.45, 7) is 0. The van der Waals surface area contributed by atoms with Crippen LogP contribution in [0.25, 0.3) is 0 Å². The molecule has 0 aromatic carbocycles. The second kappa shape index (κ2) is 3.85. The Morgan fingerprint density at radius 2 is 1.82 bits per heavy atom. The van der Waals surface area contributed by atoms with Gasteiger partial charge in [-0.15, -0.1) is 0 Å². The van der Waals surface area contributed by atoms with Crippen molar-refractivity contribution in [3.63, 3.8) is 0 Å². The number of Topliss-reactive ketones (excluding diaryl/α,β-unsaturated/α-hetero) is 1. The van der Waals surface area contributed by atoms with E-state index in [0.717, 1.165) is 12.8 Å². The van der Waals surface area contributed by atoms with Crippen molar-refractivity contribution in [1.82, 2.24) is 0 Å². The van der Waals surface area contributed by atoms with E-state index in [-0.39, 0.29) is 17.5 Å². The van der Waals surface area contributed by atoms with Crippen molar-refractivity contribution in [1.29, 1.82) is 0 Å². The number of ketones is 1. The Balaban J connectivity index is 2.33. The van der Waals surface area contributed by atoms with E-state index in [2.05, 4.69) is 0 Å². The minimum absolute atomic E-state index is 0.244. The first kappa shape index (κ1) is 8.71. The average molecular weight is 176 g/mol. The lowest BCUT2D eigenvalue weighted by atomic mass is 9.90. The van der Waals surface area contributed by atoms with Crippen LogP contribution in [-0.2, 0) is 15.5 Å². The highest BCUT2D eigenvalue weighted by Crippen LogP contribution is 2.21. The number of thiol groups is 1. The summed E-state index contributed by atoms with van der Waals surface area (Å²) in [4.78, 5) is 10.7. The van der Waals surface area contributed by atoms with Gasteiger partial charge in [0.15, 0.2) is 0 Å². The van der Waals surface area contributed by atoms with Crippen LogP contribution < -0.4 is 0 Å². The molecule has 0 bridgehead atoms. The van der Waals surface area contributed by atoms with Crippen LogP contribution >= 0.6 is 0 Å². The normalized spacial score (nSPS) is 21.0. The van der Waals surface area contributed by atoms with E-state index in [1.54, 1.807) is 0 Å². The number of rotatable bonds is 2. The molecule has 1 aliphatic carbocycles. The van der Waals surface area contributed by atoms with Crippen LogP contribution in [0.4, 0.5) is 0 Å². The van der Waals surface area contributed by atoms with E-state index in [0.29, 0.717) is 12.8 Å². The van der Waals surface area contributed by atoms with Crippen LogP contribution in [0.5, 0.6) is 0 Å². The Morgan fingerprint density at radius 1 is 1.27 bits per heavy atom. The number of hydrogen-bond acceptors (Lipinski definition) is 3. The minimum Gasteiger partial charge on any atom is -0.300 e. The summed E-state index contributed by atoms with van der Waals surface area (Å²) in [6.07, 6.45) is 2.69. The van der Waals surface area contributed by atoms with Gasteiger partial charge >= 0.3 is 0 Å². The maximum atomic E-state index is 10.7. The molecule has 1 rings (SSSR count). The Morgan fingerprint density at radius 3 is 2.27 bits per heavy atom. The number of carbonyl (C=O) groups excluding carboxylic acids is 1. The van der Waals surface area contributed by atoms with Gasteiger partial charge in [0.1, 0.15) is 16.5 Å². The van der Waals surface area contributed by atoms with Gasteiger partial charge in [0.05, 0.1) is 5.75 Å². The van der Waals surface area contributed by atoms with E-state index in [4.69, 9.17) is 0 Å². The molecule has 0 radical (unpaired) electrons. The molecular formula is C7H12O3S. The van der Waals surface area contributed by atoms with Gasteiger partial charge in [0.25, 0.3) is 0 Å². The first-order valence-corrected chi connectivity index (χ1v) is 5.18. The summed E-state index contributed by atoms with van der Waals surface area (Å²) in [6, 6.07) is 0. The van der Waals surface area contributed by atoms with Gasteiger partial charge in [-0.3, -0.25) is 4.79 Å². The fourth-order valence-electron chi connectivity index (χ4n) is 1.39. The van der Waals surface area contributed by atoms with Crippen LogP contribution in [-0.4, -0.2) is 20.0 Å². The molecule has 0 aromatic heterocycles. The molecule has 0 heterocycles. The lowest BCUT2D eigenvalue weighted by Gasteiger charge is -2.17. The van der Waals surface area contributed by atoms with Crippen molar-refractivity contribution in [3.8, 4) is 0 Å². The smallest absolute Gasteiger partial charge is 0.140 e. The molecule has 1 saturated carbocycles. The molecule has 0 atom stereocenters. The second-order valence-corrected chi connectivity index (χ2v) is 4.03. The van der Waals surface area contributed by atoms with Crippen LogP contribution in [0.3, 0.4) is 0 Å². The highest BCUT2D eigenvalue weighted by Gasteiger charge is 2.18. The molecule has 64 valence electrons. The molecule has 0 amide bonds. The topological polar surface area (TPSA) is 51.2 Å². The maximum absolute atomic E-state index is 10.7. The molecule has 3 nitrogen and oxygen atoms in total. The lowest BCUT2D eigenvalue weighted by molar-refractivity contribution is -0.120. The zero-order chi connectivity index (χ0) is 8.27. The predicted octanol–water partition coefficient (Wildman–Crippen LogP) is 0.357. The molecule has 11 heavy (non-hydrogen) atoms. The third-order valence-electron chi connectivity index (χ3n) is 2.07. The first-order chi connectivity index (χ1) is 5.18. The summed E-state index contributed by atoms with van der Waals surface area (Å²) in [5.41, 5.74) is 0. The molecule has 4 heteroatoms. The Kier molecular flexibility index (Phi) is 3.05. The maximum Gasteiger partial charge on any atom is 0.140 e. The van der Waals surface area contributed by atoms with Crippen LogP contribution in [0, 0.1) is 5.92 Å². The fraction of sp³-hybridized carbons (Fsp3) is 0.857. The fourth-order valence-corrected chi connectivity index (χ4v) is 2.18. The summed E-state index contributed by atoms with van der Waals surface area (Å²) >= 11 is 0. The van der Waals surface area contributed by atoms with E-state index in [1.165, 1.54) is 0 Å². The molecular weight excluding hydrogens is 164 g/mol. The zero-order valence-electron chi connectivity index (χ0n) is 6.28. The monoisotopic (exact) mass is 176 g/mol. The number of hydrogen-bond donors (Lipinski definition) is 1. The Hall–Kier alpha value is -0.380. The summed E-state index contributed by atoms with van der Waals surface area (Å²) < 4.78 is 20.6. The van der Waals surface area contributed by atoms with Crippen LogP contribution in [0.2, 0.25) is 0 Å². The van der Waals surface area contributed by atoms with Gasteiger partial charge in [-0.25, -0.2) is 8.42 Å². The van der Waals surface area contributed by atoms with Gasteiger partial charge in [-0.2, -0.15) is 0 Å². The summed E-state index contributed by atoms with van der Waals surface area (Å²) in [5.74, 6) is 0.791. The SMILES string of the molecule is O=C1CCC(C[SH](=O)=O)CC1. The second-order valence-electron chi connectivity index (χ2n) is 3.00. The first-order valence-electron chi connectivity index (χ1n) is 3.82. The van der Waals surface area contributed by atoms with E-state index < -0.39 is 10.7 Å². The summed E-state index contributed by atoms with van der Waals surface area (Å²) in [7, 11) is -2.25. The molecule has 0 N–H and O–H groups in total. The lowest BCUT2D eigenvalue weighted by Crippen LogP contribution is -2.17. The van der Waals surface area contributed by atoms with E-state index >= 15 is 0 Å². The van der Waals surface area contributed by atoms with Crippen molar-refractivity contribution >= 4 is 16.5 Å². The Bertz CT molecular complexity index is 202. The van der Waals surface area contributed by atoms with E-state index in [1.807, 2.05) is 0 Å². The van der Waals surface area contributed by atoms with Crippen LogP contribution in [0.15, 0.2) is 0 Å². The highest BCUT2D eigenvalue weighted by atomic mass is 32.2. The standard InChI is InChI=1S/C7H12O3S/c8-7-3-1-6(2-4-7)5-11(9)10/h6,11H,1-5H2. The average Bonchev–Trinajstić information content (AvgIpc) is 1.93. The molecule has 0 spiro atoms.